The average Bonchev–Trinajstić information content (AvgIpc) is 1.88. The zero-order chi connectivity index (χ0) is 7.56. The molecule has 1 aromatic rings. The minimum atomic E-state index is 0.506. The number of alkyl halides is 1. The molecule has 0 aromatic carbocycles. The fourth-order valence-corrected chi connectivity index (χ4v) is 1.16. The quantitative estimate of drug-likeness (QED) is 0.568. The van der Waals surface area contributed by atoms with Gasteiger partial charge in [-0.05, 0) is 25.0 Å². The smallest absolute Gasteiger partial charge is 0.0650 e. The van der Waals surface area contributed by atoms with Gasteiger partial charge in [-0.1, -0.05) is 6.07 Å². The highest BCUT2D eigenvalue weighted by atomic mass is 35.5. The number of aromatic nitrogens is 1. The largest absolute Gasteiger partial charge is 0.259 e. The Balaban J connectivity index is 3.07. The monoisotopic (exact) mass is 155 g/mol. The van der Waals surface area contributed by atoms with Crippen molar-refractivity contribution in [3.8, 4) is 0 Å². The van der Waals surface area contributed by atoms with E-state index in [1.54, 1.807) is 0 Å². The van der Waals surface area contributed by atoms with Gasteiger partial charge in [-0.25, -0.2) is 0 Å². The second-order valence-electron chi connectivity index (χ2n) is 2.41. The number of halogens is 1. The molecule has 1 rings (SSSR count). The van der Waals surface area contributed by atoms with E-state index in [0.29, 0.717) is 5.88 Å². The Hall–Kier alpha value is -0.560. The average molecular weight is 156 g/mol. The van der Waals surface area contributed by atoms with Crippen LogP contribution >= 0.6 is 11.6 Å². The predicted octanol–water partition coefficient (Wildman–Crippen LogP) is 2.44. The van der Waals surface area contributed by atoms with Gasteiger partial charge in [-0.15, -0.1) is 11.6 Å². The molecule has 0 radical (unpaired) electrons. The first-order chi connectivity index (χ1) is 4.74. The third-order valence-corrected chi connectivity index (χ3v) is 1.70. The highest BCUT2D eigenvalue weighted by molar-refractivity contribution is 6.16. The molecule has 0 bridgehead atoms. The summed E-state index contributed by atoms with van der Waals surface area (Å²) >= 11 is 5.62. The van der Waals surface area contributed by atoms with Crippen LogP contribution in [0.5, 0.6) is 0 Å². The first kappa shape index (κ1) is 7.55. The van der Waals surface area contributed by atoms with Gasteiger partial charge in [0.2, 0.25) is 0 Å². The minimum absolute atomic E-state index is 0.506. The molecular formula is C8H10ClN. The van der Waals surface area contributed by atoms with Gasteiger partial charge in [0.25, 0.3) is 0 Å². The van der Waals surface area contributed by atoms with Crippen molar-refractivity contribution in [1.82, 2.24) is 4.98 Å². The number of hydrogen-bond acceptors (Lipinski definition) is 1. The summed E-state index contributed by atoms with van der Waals surface area (Å²) in [6.45, 7) is 4.05. The molecule has 0 aliphatic rings. The van der Waals surface area contributed by atoms with E-state index in [0.717, 1.165) is 5.69 Å². The lowest BCUT2D eigenvalue weighted by Gasteiger charge is -1.99. The molecule has 10 heavy (non-hydrogen) atoms. The third-order valence-electron chi connectivity index (χ3n) is 1.45. The van der Waals surface area contributed by atoms with E-state index in [1.807, 2.05) is 20.0 Å². The van der Waals surface area contributed by atoms with E-state index in [9.17, 15) is 0 Å². The van der Waals surface area contributed by atoms with Crippen LogP contribution in [0.15, 0.2) is 12.3 Å². The lowest BCUT2D eigenvalue weighted by Crippen LogP contribution is -1.90. The summed E-state index contributed by atoms with van der Waals surface area (Å²) in [4.78, 5) is 4.16. The zero-order valence-corrected chi connectivity index (χ0v) is 6.94. The summed E-state index contributed by atoms with van der Waals surface area (Å²) in [5, 5.41) is 0. The second kappa shape index (κ2) is 3.02. The fourth-order valence-electron chi connectivity index (χ4n) is 0.884. The minimum Gasteiger partial charge on any atom is -0.259 e. The van der Waals surface area contributed by atoms with Gasteiger partial charge in [0.15, 0.2) is 0 Å². The number of nitrogens with zero attached hydrogens (tertiary/aromatic N) is 1. The van der Waals surface area contributed by atoms with Crippen LogP contribution in [0.25, 0.3) is 0 Å². The molecule has 0 atom stereocenters. The molecule has 54 valence electrons. The van der Waals surface area contributed by atoms with E-state index >= 15 is 0 Å². The summed E-state index contributed by atoms with van der Waals surface area (Å²) in [6, 6.07) is 2.09. The lowest BCUT2D eigenvalue weighted by molar-refractivity contribution is 1.10. The normalized spacial score (nSPS) is 9.90. The Morgan fingerprint density at radius 3 is 2.70 bits per heavy atom. The van der Waals surface area contributed by atoms with Gasteiger partial charge in [0, 0.05) is 6.20 Å². The molecule has 0 N–H and O–H groups in total. The summed E-state index contributed by atoms with van der Waals surface area (Å²) in [6.07, 6.45) is 1.84. The molecule has 1 aromatic heterocycles. The van der Waals surface area contributed by atoms with Gasteiger partial charge >= 0.3 is 0 Å². The van der Waals surface area contributed by atoms with Crippen molar-refractivity contribution in [2.24, 2.45) is 0 Å². The molecule has 0 fully saturated rings. The van der Waals surface area contributed by atoms with Crippen molar-refractivity contribution in [2.45, 2.75) is 19.7 Å². The molecule has 2 heteroatoms. The van der Waals surface area contributed by atoms with Gasteiger partial charge in [0.05, 0.1) is 11.6 Å². The number of pyridine rings is 1. The molecule has 0 aliphatic carbocycles. The molecule has 1 heterocycles. The van der Waals surface area contributed by atoms with Crippen LogP contribution in [0.2, 0.25) is 0 Å². The summed E-state index contributed by atoms with van der Waals surface area (Å²) < 4.78 is 0. The SMILES string of the molecule is Cc1cnc(CCl)c(C)c1. The number of aryl methyl sites for hydroxylation is 2. The molecule has 0 saturated carbocycles. The fraction of sp³-hybridized carbons (Fsp3) is 0.375. The van der Waals surface area contributed by atoms with Crippen LogP contribution in [0.4, 0.5) is 0 Å². The third kappa shape index (κ3) is 1.48. The van der Waals surface area contributed by atoms with E-state index in [1.165, 1.54) is 11.1 Å². The standard InChI is InChI=1S/C8H10ClN/c1-6-3-7(2)8(4-9)10-5-6/h3,5H,4H2,1-2H3. The molecule has 0 saturated heterocycles. The van der Waals surface area contributed by atoms with Crippen molar-refractivity contribution in [1.29, 1.82) is 0 Å². The maximum absolute atomic E-state index is 5.62. The molecule has 0 amide bonds. The van der Waals surface area contributed by atoms with Crippen molar-refractivity contribution in [3.05, 3.63) is 29.1 Å². The number of hydrogen-bond donors (Lipinski definition) is 0. The number of rotatable bonds is 1. The van der Waals surface area contributed by atoms with Crippen LogP contribution in [0, 0.1) is 13.8 Å². The first-order valence-corrected chi connectivity index (χ1v) is 3.75. The van der Waals surface area contributed by atoms with E-state index in [2.05, 4.69) is 11.1 Å². The summed E-state index contributed by atoms with van der Waals surface area (Å²) in [7, 11) is 0. The Labute approximate surface area is 66.0 Å². The maximum atomic E-state index is 5.62. The van der Waals surface area contributed by atoms with Crippen molar-refractivity contribution in [3.63, 3.8) is 0 Å². The zero-order valence-electron chi connectivity index (χ0n) is 6.19. The van der Waals surface area contributed by atoms with Crippen molar-refractivity contribution < 1.29 is 0 Å². The first-order valence-electron chi connectivity index (χ1n) is 3.22. The summed E-state index contributed by atoms with van der Waals surface area (Å²) in [5.74, 6) is 0.506. The molecular weight excluding hydrogens is 146 g/mol. The Morgan fingerprint density at radius 1 is 1.50 bits per heavy atom. The topological polar surface area (TPSA) is 12.9 Å². The molecule has 0 spiro atoms. The lowest BCUT2D eigenvalue weighted by atomic mass is 10.2. The molecule has 0 aliphatic heterocycles. The van der Waals surface area contributed by atoms with Crippen LogP contribution in [-0.4, -0.2) is 4.98 Å². The summed E-state index contributed by atoms with van der Waals surface area (Å²) in [5.41, 5.74) is 3.34. The van der Waals surface area contributed by atoms with E-state index in [-0.39, 0.29) is 0 Å². The molecule has 0 unspecified atom stereocenters. The molecule has 1 nitrogen and oxygen atoms in total. The van der Waals surface area contributed by atoms with Gasteiger partial charge in [0.1, 0.15) is 0 Å². The van der Waals surface area contributed by atoms with Crippen LogP contribution in [0.3, 0.4) is 0 Å². The van der Waals surface area contributed by atoms with Crippen LogP contribution in [0.1, 0.15) is 16.8 Å². The van der Waals surface area contributed by atoms with Gasteiger partial charge in [-0.3, -0.25) is 4.98 Å². The van der Waals surface area contributed by atoms with Crippen molar-refractivity contribution >= 4 is 11.6 Å². The van der Waals surface area contributed by atoms with Crippen LogP contribution < -0.4 is 0 Å². The Morgan fingerprint density at radius 2 is 2.20 bits per heavy atom. The van der Waals surface area contributed by atoms with Gasteiger partial charge in [-0.2, -0.15) is 0 Å². The Kier molecular flexibility index (Phi) is 2.28. The Bertz CT molecular complexity index is 233. The van der Waals surface area contributed by atoms with Crippen LogP contribution in [-0.2, 0) is 5.88 Å². The van der Waals surface area contributed by atoms with E-state index in [4.69, 9.17) is 11.6 Å². The van der Waals surface area contributed by atoms with Crippen molar-refractivity contribution in [2.75, 3.05) is 0 Å². The highest BCUT2D eigenvalue weighted by Crippen LogP contribution is 2.08. The maximum Gasteiger partial charge on any atom is 0.0650 e. The van der Waals surface area contributed by atoms with E-state index < -0.39 is 0 Å². The predicted molar refractivity (Wildman–Crippen MR) is 43.3 cm³/mol. The van der Waals surface area contributed by atoms with Gasteiger partial charge < -0.3 is 0 Å². The second-order valence-corrected chi connectivity index (χ2v) is 2.68. The highest BCUT2D eigenvalue weighted by Gasteiger charge is 1.96.